The van der Waals surface area contributed by atoms with Crippen molar-refractivity contribution < 1.29 is 4.79 Å². The van der Waals surface area contributed by atoms with Gasteiger partial charge in [-0.05, 0) is 49.2 Å². The van der Waals surface area contributed by atoms with Gasteiger partial charge in [0.1, 0.15) is 0 Å². The molecule has 0 radical (unpaired) electrons. The van der Waals surface area contributed by atoms with E-state index in [0.717, 1.165) is 27.7 Å². The molecule has 2 rings (SSSR count). The minimum absolute atomic E-state index is 0.178. The van der Waals surface area contributed by atoms with E-state index >= 15 is 0 Å². The van der Waals surface area contributed by atoms with E-state index in [4.69, 9.17) is 5.73 Å². The number of carbonyl (C=O) groups excluding carboxylic acids is 1. The van der Waals surface area contributed by atoms with Crippen LogP contribution >= 0.6 is 15.9 Å². The molecule has 0 unspecified atom stereocenters. The summed E-state index contributed by atoms with van der Waals surface area (Å²) in [7, 11) is 0. The van der Waals surface area contributed by atoms with Crippen LogP contribution in [0.3, 0.4) is 0 Å². The zero-order valence-electron chi connectivity index (χ0n) is 11.5. The number of aryl methyl sites for hydroxylation is 2. The van der Waals surface area contributed by atoms with E-state index in [1.165, 1.54) is 0 Å². The summed E-state index contributed by atoms with van der Waals surface area (Å²) in [4.78, 5) is 12.3. The molecule has 3 nitrogen and oxygen atoms in total. The molecule has 0 spiro atoms. The monoisotopic (exact) mass is 332 g/mol. The number of halogens is 1. The molecule has 0 aliphatic heterocycles. The second-order valence-corrected chi connectivity index (χ2v) is 5.62. The van der Waals surface area contributed by atoms with Crippen LogP contribution in [-0.2, 0) is 6.42 Å². The molecule has 104 valence electrons. The third-order valence-corrected chi connectivity index (χ3v) is 3.64. The van der Waals surface area contributed by atoms with Crippen molar-refractivity contribution in [1.29, 1.82) is 0 Å². The lowest BCUT2D eigenvalue weighted by atomic mass is 10.1. The fourth-order valence-corrected chi connectivity index (χ4v) is 2.44. The van der Waals surface area contributed by atoms with E-state index < -0.39 is 0 Å². The summed E-state index contributed by atoms with van der Waals surface area (Å²) in [5, 5.41) is 2.93. The molecule has 2 aromatic carbocycles. The fraction of sp³-hybridized carbons (Fsp3) is 0.188. The summed E-state index contributed by atoms with van der Waals surface area (Å²) in [5.74, 6) is -0.178. The first kappa shape index (κ1) is 14.6. The molecule has 1 amide bonds. The Morgan fingerprint density at radius 2 is 2.00 bits per heavy atom. The highest BCUT2D eigenvalue weighted by atomic mass is 79.9. The number of benzene rings is 2. The van der Waals surface area contributed by atoms with E-state index in [1.807, 2.05) is 31.2 Å². The highest BCUT2D eigenvalue weighted by molar-refractivity contribution is 9.10. The van der Waals surface area contributed by atoms with Gasteiger partial charge in [0.15, 0.2) is 0 Å². The predicted octanol–water partition coefficient (Wildman–Crippen LogP) is 4.15. The van der Waals surface area contributed by atoms with Crippen LogP contribution in [0.4, 0.5) is 11.4 Å². The van der Waals surface area contributed by atoms with Crippen LogP contribution in [0.5, 0.6) is 0 Å². The average molecular weight is 333 g/mol. The van der Waals surface area contributed by atoms with Crippen molar-refractivity contribution >= 4 is 33.2 Å². The third-order valence-electron chi connectivity index (χ3n) is 3.15. The van der Waals surface area contributed by atoms with Crippen LogP contribution in [0.2, 0.25) is 0 Å². The maximum absolute atomic E-state index is 12.3. The minimum atomic E-state index is -0.178. The number of carbonyl (C=O) groups is 1. The van der Waals surface area contributed by atoms with Crippen molar-refractivity contribution in [2.24, 2.45) is 0 Å². The topological polar surface area (TPSA) is 55.1 Å². The molecule has 0 atom stereocenters. The largest absolute Gasteiger partial charge is 0.398 e. The van der Waals surface area contributed by atoms with Gasteiger partial charge in [-0.15, -0.1) is 0 Å². The van der Waals surface area contributed by atoms with E-state index in [1.54, 1.807) is 12.1 Å². The van der Waals surface area contributed by atoms with Crippen molar-refractivity contribution in [3.63, 3.8) is 0 Å². The lowest BCUT2D eigenvalue weighted by Crippen LogP contribution is -2.15. The summed E-state index contributed by atoms with van der Waals surface area (Å²) in [6, 6.07) is 11.3. The van der Waals surface area contributed by atoms with E-state index in [2.05, 4.69) is 28.2 Å². The van der Waals surface area contributed by atoms with Crippen molar-refractivity contribution in [3.05, 3.63) is 57.6 Å². The molecular formula is C16H17BrN2O. The second kappa shape index (κ2) is 6.09. The number of nitrogen functional groups attached to an aromatic ring is 1. The molecule has 4 heteroatoms. The van der Waals surface area contributed by atoms with Crippen LogP contribution in [-0.4, -0.2) is 5.91 Å². The van der Waals surface area contributed by atoms with E-state index in [0.29, 0.717) is 11.3 Å². The Kier molecular flexibility index (Phi) is 4.45. The maximum atomic E-state index is 12.3. The van der Waals surface area contributed by atoms with Gasteiger partial charge in [0, 0.05) is 15.8 Å². The Bertz CT molecular complexity index is 653. The van der Waals surface area contributed by atoms with Gasteiger partial charge in [-0.2, -0.15) is 0 Å². The molecule has 0 bridgehead atoms. The summed E-state index contributed by atoms with van der Waals surface area (Å²) >= 11 is 3.44. The highest BCUT2D eigenvalue weighted by Crippen LogP contribution is 2.23. The van der Waals surface area contributed by atoms with Crippen LogP contribution in [0.1, 0.15) is 28.4 Å². The second-order valence-electron chi connectivity index (χ2n) is 4.70. The summed E-state index contributed by atoms with van der Waals surface area (Å²) < 4.78 is 1.00. The SMILES string of the molecule is CCc1cc(Br)ccc1NC(=O)c1cc(C)ccc1N. The van der Waals surface area contributed by atoms with Crippen LogP contribution < -0.4 is 11.1 Å². The summed E-state index contributed by atoms with van der Waals surface area (Å²) in [5.41, 5.74) is 9.78. The number of nitrogens with two attached hydrogens (primary N) is 1. The van der Waals surface area contributed by atoms with E-state index in [9.17, 15) is 4.79 Å². The Balaban J connectivity index is 2.30. The number of hydrogen-bond donors (Lipinski definition) is 2. The van der Waals surface area contributed by atoms with Gasteiger partial charge in [0.2, 0.25) is 0 Å². The zero-order chi connectivity index (χ0) is 14.7. The lowest BCUT2D eigenvalue weighted by Gasteiger charge is -2.12. The molecule has 0 saturated heterocycles. The van der Waals surface area contributed by atoms with E-state index in [-0.39, 0.29) is 5.91 Å². The van der Waals surface area contributed by atoms with Crippen LogP contribution in [0.15, 0.2) is 40.9 Å². The predicted molar refractivity (Wildman–Crippen MR) is 87.1 cm³/mol. The first-order valence-corrected chi connectivity index (χ1v) is 7.26. The van der Waals surface area contributed by atoms with Crippen molar-refractivity contribution in [2.45, 2.75) is 20.3 Å². The maximum Gasteiger partial charge on any atom is 0.257 e. The van der Waals surface area contributed by atoms with Gasteiger partial charge in [0.25, 0.3) is 5.91 Å². The molecule has 0 aliphatic rings. The van der Waals surface area contributed by atoms with Crippen LogP contribution in [0.25, 0.3) is 0 Å². The van der Waals surface area contributed by atoms with Crippen molar-refractivity contribution in [1.82, 2.24) is 0 Å². The Labute approximate surface area is 127 Å². The molecule has 0 saturated carbocycles. The Morgan fingerprint density at radius 1 is 1.25 bits per heavy atom. The fourth-order valence-electron chi connectivity index (χ4n) is 2.03. The summed E-state index contributed by atoms with van der Waals surface area (Å²) in [6.45, 7) is 3.99. The molecule has 0 aromatic heterocycles. The molecule has 3 N–H and O–H groups in total. The first-order chi connectivity index (χ1) is 9.51. The zero-order valence-corrected chi connectivity index (χ0v) is 13.1. The van der Waals surface area contributed by atoms with Gasteiger partial charge in [0.05, 0.1) is 5.56 Å². The first-order valence-electron chi connectivity index (χ1n) is 6.47. The number of rotatable bonds is 3. The molecule has 0 heterocycles. The smallest absolute Gasteiger partial charge is 0.257 e. The lowest BCUT2D eigenvalue weighted by molar-refractivity contribution is 0.102. The third kappa shape index (κ3) is 3.20. The molecule has 0 fully saturated rings. The molecule has 0 aliphatic carbocycles. The van der Waals surface area contributed by atoms with Crippen molar-refractivity contribution in [3.8, 4) is 0 Å². The number of nitrogens with one attached hydrogen (secondary N) is 1. The van der Waals surface area contributed by atoms with Crippen LogP contribution in [0, 0.1) is 6.92 Å². The molecule has 20 heavy (non-hydrogen) atoms. The summed E-state index contributed by atoms with van der Waals surface area (Å²) in [6.07, 6.45) is 0.846. The standard InChI is InChI=1S/C16H17BrN2O/c1-3-11-9-12(17)5-7-15(11)19-16(20)13-8-10(2)4-6-14(13)18/h4-9H,3,18H2,1-2H3,(H,19,20). The van der Waals surface area contributed by atoms with Gasteiger partial charge >= 0.3 is 0 Å². The van der Waals surface area contributed by atoms with Gasteiger partial charge in [-0.1, -0.05) is 34.5 Å². The molecule has 2 aromatic rings. The Morgan fingerprint density at radius 3 is 2.70 bits per heavy atom. The van der Waals surface area contributed by atoms with Gasteiger partial charge in [-0.25, -0.2) is 0 Å². The number of anilines is 2. The number of hydrogen-bond acceptors (Lipinski definition) is 2. The average Bonchev–Trinajstić information content (AvgIpc) is 2.43. The normalized spacial score (nSPS) is 10.3. The van der Waals surface area contributed by atoms with Gasteiger partial charge < -0.3 is 11.1 Å². The number of amides is 1. The Hall–Kier alpha value is -1.81. The highest BCUT2D eigenvalue weighted by Gasteiger charge is 2.12. The van der Waals surface area contributed by atoms with Crippen molar-refractivity contribution in [2.75, 3.05) is 11.1 Å². The quantitative estimate of drug-likeness (QED) is 0.829. The minimum Gasteiger partial charge on any atom is -0.398 e. The van der Waals surface area contributed by atoms with Gasteiger partial charge in [-0.3, -0.25) is 4.79 Å². The molecular weight excluding hydrogens is 316 g/mol.